The summed E-state index contributed by atoms with van der Waals surface area (Å²) in [6, 6.07) is 6.05. The molecular formula is C14H14N4O3. The number of rotatable bonds is 5. The standard InChI is InChI=1S/C14H14N4O3/c19-12-2-1-10(9-17-12)14(21)16-8-5-13(20)18-11-3-6-15-7-4-11/h1-4,6-7,9H,5,8H2,(H,16,21)(H,17,19)(H,15,18,20). The van der Waals surface area contributed by atoms with Gasteiger partial charge >= 0.3 is 0 Å². The molecule has 0 unspecified atom stereocenters. The molecule has 2 heterocycles. The zero-order chi connectivity index (χ0) is 15.1. The highest BCUT2D eigenvalue weighted by molar-refractivity contribution is 5.95. The number of anilines is 1. The fraction of sp³-hybridized carbons (Fsp3) is 0.143. The van der Waals surface area contributed by atoms with Gasteiger partial charge in [-0.2, -0.15) is 0 Å². The van der Waals surface area contributed by atoms with Crippen molar-refractivity contribution in [2.75, 3.05) is 11.9 Å². The number of nitrogens with one attached hydrogen (secondary N) is 3. The van der Waals surface area contributed by atoms with Crippen LogP contribution in [-0.4, -0.2) is 28.3 Å². The van der Waals surface area contributed by atoms with Crippen LogP contribution in [0, 0.1) is 0 Å². The Balaban J connectivity index is 1.76. The molecule has 0 aliphatic heterocycles. The predicted molar refractivity (Wildman–Crippen MR) is 76.9 cm³/mol. The highest BCUT2D eigenvalue weighted by Gasteiger charge is 2.06. The zero-order valence-corrected chi connectivity index (χ0v) is 11.1. The maximum atomic E-state index is 11.7. The van der Waals surface area contributed by atoms with Gasteiger partial charge in [-0.15, -0.1) is 0 Å². The first kappa shape index (κ1) is 14.4. The average molecular weight is 286 g/mol. The Labute approximate surface area is 120 Å². The second-order valence-electron chi connectivity index (χ2n) is 4.23. The van der Waals surface area contributed by atoms with Crippen LogP contribution in [0.15, 0.2) is 47.7 Å². The number of carbonyl (C=O) groups excluding carboxylic acids is 2. The number of carbonyl (C=O) groups is 2. The maximum Gasteiger partial charge on any atom is 0.252 e. The highest BCUT2D eigenvalue weighted by Crippen LogP contribution is 2.03. The van der Waals surface area contributed by atoms with Gasteiger partial charge in [-0.25, -0.2) is 0 Å². The van der Waals surface area contributed by atoms with Gasteiger partial charge in [0.1, 0.15) is 0 Å². The van der Waals surface area contributed by atoms with Gasteiger partial charge in [0.2, 0.25) is 11.5 Å². The van der Waals surface area contributed by atoms with E-state index in [0.29, 0.717) is 11.3 Å². The van der Waals surface area contributed by atoms with Crippen LogP contribution in [0.1, 0.15) is 16.8 Å². The Morgan fingerprint density at radius 3 is 2.57 bits per heavy atom. The van der Waals surface area contributed by atoms with Crippen molar-refractivity contribution in [1.82, 2.24) is 15.3 Å². The lowest BCUT2D eigenvalue weighted by molar-refractivity contribution is -0.116. The van der Waals surface area contributed by atoms with Crippen LogP contribution in [0.5, 0.6) is 0 Å². The van der Waals surface area contributed by atoms with Crippen LogP contribution in [0.4, 0.5) is 5.69 Å². The minimum Gasteiger partial charge on any atom is -0.351 e. The van der Waals surface area contributed by atoms with E-state index in [4.69, 9.17) is 0 Å². The van der Waals surface area contributed by atoms with Crippen LogP contribution in [0.25, 0.3) is 0 Å². The summed E-state index contributed by atoms with van der Waals surface area (Å²) in [5.74, 6) is -0.550. The smallest absolute Gasteiger partial charge is 0.252 e. The summed E-state index contributed by atoms with van der Waals surface area (Å²) < 4.78 is 0. The van der Waals surface area contributed by atoms with Gasteiger partial charge in [-0.1, -0.05) is 0 Å². The van der Waals surface area contributed by atoms with Crippen molar-refractivity contribution in [3.05, 3.63) is 58.8 Å². The zero-order valence-electron chi connectivity index (χ0n) is 11.1. The van der Waals surface area contributed by atoms with Crippen LogP contribution in [0.2, 0.25) is 0 Å². The van der Waals surface area contributed by atoms with Crippen molar-refractivity contribution < 1.29 is 9.59 Å². The molecule has 0 aromatic carbocycles. The first-order chi connectivity index (χ1) is 10.1. The van der Waals surface area contributed by atoms with Gasteiger partial charge in [0.05, 0.1) is 5.56 Å². The largest absolute Gasteiger partial charge is 0.351 e. The molecule has 7 nitrogen and oxygen atoms in total. The molecule has 3 N–H and O–H groups in total. The minimum atomic E-state index is -0.344. The SMILES string of the molecule is O=C(CCNC(=O)c1ccc(=O)[nH]c1)Nc1ccncc1. The van der Waals surface area contributed by atoms with E-state index in [1.165, 1.54) is 18.3 Å². The lowest BCUT2D eigenvalue weighted by Crippen LogP contribution is -2.28. The van der Waals surface area contributed by atoms with Crippen molar-refractivity contribution in [2.45, 2.75) is 6.42 Å². The Morgan fingerprint density at radius 2 is 1.90 bits per heavy atom. The quantitative estimate of drug-likeness (QED) is 0.745. The number of hydrogen-bond acceptors (Lipinski definition) is 4. The van der Waals surface area contributed by atoms with E-state index in [2.05, 4.69) is 20.6 Å². The molecule has 0 aliphatic rings. The topological polar surface area (TPSA) is 104 Å². The van der Waals surface area contributed by atoms with E-state index in [1.54, 1.807) is 24.5 Å². The number of amides is 2. The fourth-order valence-corrected chi connectivity index (χ4v) is 1.60. The van der Waals surface area contributed by atoms with Gasteiger partial charge in [-0.05, 0) is 18.2 Å². The summed E-state index contributed by atoms with van der Waals surface area (Å²) in [5, 5.41) is 5.29. The van der Waals surface area contributed by atoms with Crippen molar-refractivity contribution >= 4 is 17.5 Å². The third kappa shape index (κ3) is 4.57. The molecule has 2 aromatic rings. The van der Waals surface area contributed by atoms with Gasteiger partial charge in [0.25, 0.3) is 5.91 Å². The monoisotopic (exact) mass is 286 g/mol. The molecule has 0 saturated carbocycles. The van der Waals surface area contributed by atoms with Crippen molar-refractivity contribution in [1.29, 1.82) is 0 Å². The number of hydrogen-bond donors (Lipinski definition) is 3. The summed E-state index contributed by atoms with van der Waals surface area (Å²) in [7, 11) is 0. The maximum absolute atomic E-state index is 11.7. The lowest BCUT2D eigenvalue weighted by Gasteiger charge is -2.06. The number of nitrogens with zero attached hydrogens (tertiary/aromatic N) is 1. The third-order valence-corrected chi connectivity index (χ3v) is 2.65. The Hall–Kier alpha value is -2.96. The molecule has 0 aliphatic carbocycles. The molecule has 2 rings (SSSR count). The summed E-state index contributed by atoms with van der Waals surface area (Å²) >= 11 is 0. The summed E-state index contributed by atoms with van der Waals surface area (Å²) in [4.78, 5) is 40.5. The lowest BCUT2D eigenvalue weighted by atomic mass is 10.2. The Kier molecular flexibility index (Phi) is 4.81. The second-order valence-corrected chi connectivity index (χ2v) is 4.23. The first-order valence-electron chi connectivity index (χ1n) is 6.32. The Morgan fingerprint density at radius 1 is 1.14 bits per heavy atom. The molecule has 7 heteroatoms. The number of aromatic nitrogens is 2. The molecule has 0 spiro atoms. The number of aromatic amines is 1. The summed E-state index contributed by atoms with van der Waals surface area (Å²) in [6.07, 6.45) is 4.63. The van der Waals surface area contributed by atoms with E-state index in [1.807, 2.05) is 0 Å². The fourth-order valence-electron chi connectivity index (χ4n) is 1.60. The van der Waals surface area contributed by atoms with E-state index < -0.39 is 0 Å². The van der Waals surface area contributed by atoms with E-state index in [-0.39, 0.29) is 30.3 Å². The normalized spacial score (nSPS) is 9.90. The van der Waals surface area contributed by atoms with E-state index >= 15 is 0 Å². The molecule has 2 amide bonds. The number of H-pyrrole nitrogens is 1. The van der Waals surface area contributed by atoms with Gasteiger partial charge in [0, 0.05) is 43.3 Å². The third-order valence-electron chi connectivity index (χ3n) is 2.65. The van der Waals surface area contributed by atoms with Gasteiger partial charge in [0.15, 0.2) is 0 Å². The number of pyridine rings is 2. The van der Waals surface area contributed by atoms with Gasteiger partial charge in [-0.3, -0.25) is 19.4 Å². The molecule has 0 radical (unpaired) electrons. The van der Waals surface area contributed by atoms with Crippen LogP contribution >= 0.6 is 0 Å². The van der Waals surface area contributed by atoms with E-state index in [9.17, 15) is 14.4 Å². The molecule has 2 aromatic heterocycles. The summed E-state index contributed by atoms with van der Waals surface area (Å²) in [5.41, 5.74) is 0.717. The van der Waals surface area contributed by atoms with Crippen LogP contribution in [0.3, 0.4) is 0 Å². The molecule has 108 valence electrons. The highest BCUT2D eigenvalue weighted by atomic mass is 16.2. The first-order valence-corrected chi connectivity index (χ1v) is 6.32. The minimum absolute atomic E-state index is 0.150. The van der Waals surface area contributed by atoms with Crippen LogP contribution < -0.4 is 16.2 Å². The van der Waals surface area contributed by atoms with Gasteiger partial charge < -0.3 is 15.6 Å². The molecular weight excluding hydrogens is 272 g/mol. The van der Waals surface area contributed by atoms with E-state index in [0.717, 1.165) is 0 Å². The molecule has 21 heavy (non-hydrogen) atoms. The van der Waals surface area contributed by atoms with Crippen molar-refractivity contribution in [2.24, 2.45) is 0 Å². The molecule has 0 saturated heterocycles. The molecule has 0 fully saturated rings. The summed E-state index contributed by atoms with van der Waals surface area (Å²) in [6.45, 7) is 0.203. The Bertz CT molecular complexity index is 662. The average Bonchev–Trinajstić information content (AvgIpc) is 2.49. The molecule has 0 atom stereocenters. The predicted octanol–water partition coefficient (Wildman–Crippen LogP) is 0.528. The second kappa shape index (κ2) is 6.99. The van der Waals surface area contributed by atoms with Crippen molar-refractivity contribution in [3.8, 4) is 0 Å². The van der Waals surface area contributed by atoms with Crippen molar-refractivity contribution in [3.63, 3.8) is 0 Å². The molecule has 0 bridgehead atoms. The van der Waals surface area contributed by atoms with Crippen LogP contribution in [-0.2, 0) is 4.79 Å².